The lowest BCUT2D eigenvalue weighted by Gasteiger charge is -2.34. The molecule has 0 radical (unpaired) electrons. The second kappa shape index (κ2) is 11.4. The molecule has 1 saturated heterocycles. The van der Waals surface area contributed by atoms with E-state index in [0.29, 0.717) is 12.5 Å². The molecular weight excluding hydrogens is 481 g/mol. The van der Waals surface area contributed by atoms with E-state index >= 15 is 0 Å². The van der Waals surface area contributed by atoms with Crippen molar-refractivity contribution in [3.8, 4) is 0 Å². The second-order valence-corrected chi connectivity index (χ2v) is 9.60. The van der Waals surface area contributed by atoms with Gasteiger partial charge in [-0.3, -0.25) is 9.79 Å². The SMILES string of the molecule is CCNC(=NCC(C)(C)NS(C)(=O)=O)NC1CCN(C(=O)C(C)C)CC1.I. The lowest BCUT2D eigenvalue weighted by molar-refractivity contribution is -0.135. The van der Waals surface area contributed by atoms with Crippen LogP contribution in [0.25, 0.3) is 0 Å². The summed E-state index contributed by atoms with van der Waals surface area (Å²) < 4.78 is 25.5. The van der Waals surface area contributed by atoms with Crippen molar-refractivity contribution in [2.45, 2.75) is 59.0 Å². The van der Waals surface area contributed by atoms with Crippen LogP contribution >= 0.6 is 24.0 Å². The van der Waals surface area contributed by atoms with E-state index in [1.165, 1.54) is 0 Å². The second-order valence-electron chi connectivity index (χ2n) is 7.85. The van der Waals surface area contributed by atoms with E-state index in [9.17, 15) is 13.2 Å². The van der Waals surface area contributed by atoms with Crippen LogP contribution in [-0.4, -0.2) is 69.2 Å². The van der Waals surface area contributed by atoms with E-state index in [-0.39, 0.29) is 41.8 Å². The summed E-state index contributed by atoms with van der Waals surface area (Å²) in [6.45, 7) is 12.0. The van der Waals surface area contributed by atoms with Crippen LogP contribution in [0, 0.1) is 5.92 Å². The molecule has 0 atom stereocenters. The average Bonchev–Trinajstić information content (AvgIpc) is 2.50. The summed E-state index contributed by atoms with van der Waals surface area (Å²) in [6.07, 6.45) is 2.88. The molecule has 1 rings (SSSR count). The number of likely N-dealkylation sites (tertiary alicyclic amines) is 1. The number of rotatable bonds is 7. The van der Waals surface area contributed by atoms with Crippen LogP contribution in [0.3, 0.4) is 0 Å². The van der Waals surface area contributed by atoms with Crippen molar-refractivity contribution in [3.63, 3.8) is 0 Å². The van der Waals surface area contributed by atoms with Crippen molar-refractivity contribution in [1.82, 2.24) is 20.3 Å². The molecule has 1 heterocycles. The zero-order valence-corrected chi connectivity index (χ0v) is 20.5. The largest absolute Gasteiger partial charge is 0.357 e. The molecule has 0 bridgehead atoms. The van der Waals surface area contributed by atoms with E-state index in [0.717, 1.165) is 38.7 Å². The van der Waals surface area contributed by atoms with Gasteiger partial charge in [0.15, 0.2) is 5.96 Å². The Morgan fingerprint density at radius 3 is 2.26 bits per heavy atom. The van der Waals surface area contributed by atoms with E-state index < -0.39 is 15.6 Å². The van der Waals surface area contributed by atoms with Gasteiger partial charge in [0.1, 0.15) is 0 Å². The van der Waals surface area contributed by atoms with Gasteiger partial charge in [-0.2, -0.15) is 0 Å². The quantitative estimate of drug-likeness (QED) is 0.267. The molecule has 0 aromatic rings. The number of amides is 1. The summed E-state index contributed by atoms with van der Waals surface area (Å²) in [5.74, 6) is 0.908. The molecule has 27 heavy (non-hydrogen) atoms. The number of piperidine rings is 1. The van der Waals surface area contributed by atoms with E-state index in [1.54, 1.807) is 13.8 Å². The number of carbonyl (C=O) groups excluding carboxylic acids is 1. The Morgan fingerprint density at radius 2 is 1.81 bits per heavy atom. The van der Waals surface area contributed by atoms with Gasteiger partial charge in [-0.05, 0) is 33.6 Å². The minimum Gasteiger partial charge on any atom is -0.357 e. The van der Waals surface area contributed by atoms with E-state index in [4.69, 9.17) is 0 Å². The Balaban J connectivity index is 0.00000676. The van der Waals surface area contributed by atoms with Gasteiger partial charge < -0.3 is 15.5 Å². The maximum absolute atomic E-state index is 12.1. The minimum absolute atomic E-state index is 0. The maximum Gasteiger partial charge on any atom is 0.225 e. The first kappa shape index (κ1) is 26.4. The Hall–Kier alpha value is -0.620. The first-order chi connectivity index (χ1) is 11.9. The van der Waals surface area contributed by atoms with Crippen LogP contribution in [0.15, 0.2) is 4.99 Å². The lowest BCUT2D eigenvalue weighted by atomic mass is 10.0. The molecule has 0 aliphatic carbocycles. The van der Waals surface area contributed by atoms with E-state index in [2.05, 4.69) is 20.3 Å². The fourth-order valence-corrected chi connectivity index (χ4v) is 4.00. The van der Waals surface area contributed by atoms with Crippen LogP contribution < -0.4 is 15.4 Å². The van der Waals surface area contributed by atoms with Gasteiger partial charge in [0.2, 0.25) is 15.9 Å². The number of sulfonamides is 1. The predicted octanol–water partition coefficient (Wildman–Crippen LogP) is 1.13. The first-order valence-corrected chi connectivity index (χ1v) is 11.1. The number of halogens is 1. The fourth-order valence-electron chi connectivity index (χ4n) is 2.93. The van der Waals surface area contributed by atoms with Crippen molar-refractivity contribution in [3.05, 3.63) is 0 Å². The fraction of sp³-hybridized carbons (Fsp3) is 0.882. The van der Waals surface area contributed by atoms with Crippen molar-refractivity contribution in [2.75, 3.05) is 32.4 Å². The number of hydrogen-bond donors (Lipinski definition) is 3. The Labute approximate surface area is 181 Å². The number of guanidine groups is 1. The smallest absolute Gasteiger partial charge is 0.225 e. The molecule has 1 amide bonds. The summed E-state index contributed by atoms with van der Waals surface area (Å²) >= 11 is 0. The van der Waals surface area contributed by atoms with Gasteiger partial charge in [-0.1, -0.05) is 13.8 Å². The predicted molar refractivity (Wildman–Crippen MR) is 121 cm³/mol. The third kappa shape index (κ3) is 10.5. The van der Waals surface area contributed by atoms with Gasteiger partial charge in [0.25, 0.3) is 0 Å². The molecule has 0 spiro atoms. The molecule has 0 saturated carbocycles. The topological polar surface area (TPSA) is 103 Å². The standard InChI is InChI=1S/C17H35N5O3S.HI/c1-7-18-16(19-12-17(4,5)21-26(6,24)25)20-14-8-10-22(11-9-14)15(23)13(2)3;/h13-14,21H,7-12H2,1-6H3,(H2,18,19,20);1H. The van der Waals surface area contributed by atoms with Crippen LogP contribution in [-0.2, 0) is 14.8 Å². The highest BCUT2D eigenvalue weighted by Crippen LogP contribution is 2.13. The van der Waals surface area contributed by atoms with Gasteiger partial charge in [-0.25, -0.2) is 13.1 Å². The maximum atomic E-state index is 12.1. The third-order valence-corrected chi connectivity index (χ3v) is 5.00. The van der Waals surface area contributed by atoms with Crippen molar-refractivity contribution in [2.24, 2.45) is 10.9 Å². The highest BCUT2D eigenvalue weighted by atomic mass is 127. The van der Waals surface area contributed by atoms with Crippen LogP contribution in [0.5, 0.6) is 0 Å². The van der Waals surface area contributed by atoms with Gasteiger partial charge in [-0.15, -0.1) is 24.0 Å². The minimum atomic E-state index is -3.29. The third-order valence-electron chi connectivity index (χ3n) is 4.08. The summed E-state index contributed by atoms with van der Waals surface area (Å²) in [6, 6.07) is 0.245. The molecule has 0 unspecified atom stereocenters. The van der Waals surface area contributed by atoms with Crippen LogP contribution in [0.1, 0.15) is 47.5 Å². The average molecular weight is 517 g/mol. The molecule has 10 heteroatoms. The zero-order valence-electron chi connectivity index (χ0n) is 17.3. The zero-order chi connectivity index (χ0) is 20.0. The molecule has 1 fully saturated rings. The molecule has 1 aliphatic heterocycles. The first-order valence-electron chi connectivity index (χ1n) is 9.26. The monoisotopic (exact) mass is 517 g/mol. The molecule has 3 N–H and O–H groups in total. The molecule has 0 aromatic carbocycles. The highest BCUT2D eigenvalue weighted by molar-refractivity contribution is 14.0. The Bertz CT molecular complexity index is 600. The van der Waals surface area contributed by atoms with Crippen LogP contribution in [0.4, 0.5) is 0 Å². The van der Waals surface area contributed by atoms with Crippen molar-refractivity contribution < 1.29 is 13.2 Å². The van der Waals surface area contributed by atoms with Gasteiger partial charge in [0.05, 0.1) is 12.8 Å². The number of nitrogens with zero attached hydrogens (tertiary/aromatic N) is 2. The Morgan fingerprint density at radius 1 is 1.26 bits per heavy atom. The normalized spacial score (nSPS) is 16.9. The van der Waals surface area contributed by atoms with E-state index in [1.807, 2.05) is 25.7 Å². The number of hydrogen-bond acceptors (Lipinski definition) is 4. The molecular formula is C17H36IN5O3S. The van der Waals surface area contributed by atoms with Gasteiger partial charge >= 0.3 is 0 Å². The molecule has 8 nitrogen and oxygen atoms in total. The molecule has 1 aliphatic rings. The van der Waals surface area contributed by atoms with Crippen molar-refractivity contribution in [1.29, 1.82) is 0 Å². The Kier molecular flexibility index (Phi) is 11.1. The lowest BCUT2D eigenvalue weighted by Crippen LogP contribution is -2.51. The highest BCUT2D eigenvalue weighted by Gasteiger charge is 2.25. The number of nitrogens with one attached hydrogen (secondary N) is 3. The number of aliphatic imine (C=N–C) groups is 1. The van der Waals surface area contributed by atoms with Gasteiger partial charge in [0, 0.05) is 37.1 Å². The number of carbonyl (C=O) groups is 1. The summed E-state index contributed by atoms with van der Waals surface area (Å²) in [5.41, 5.74) is -0.664. The van der Waals surface area contributed by atoms with Crippen LogP contribution in [0.2, 0.25) is 0 Å². The summed E-state index contributed by atoms with van der Waals surface area (Å²) in [7, 11) is -3.29. The summed E-state index contributed by atoms with van der Waals surface area (Å²) in [4.78, 5) is 18.5. The van der Waals surface area contributed by atoms with Crippen molar-refractivity contribution >= 4 is 45.9 Å². The molecule has 0 aromatic heterocycles. The summed E-state index contributed by atoms with van der Waals surface area (Å²) in [5, 5.41) is 6.60. The molecule has 160 valence electrons.